The molecule has 24 heavy (non-hydrogen) atoms. The summed E-state index contributed by atoms with van der Waals surface area (Å²) < 4.78 is 5.22. The lowest BCUT2D eigenvalue weighted by Crippen LogP contribution is -2.33. The summed E-state index contributed by atoms with van der Waals surface area (Å²) in [5, 5.41) is 4.55. The minimum absolute atomic E-state index is 0.0642. The van der Waals surface area contributed by atoms with Gasteiger partial charge in [-0.3, -0.25) is 14.4 Å². The van der Waals surface area contributed by atoms with E-state index < -0.39 is 5.60 Å². The standard InChI is InChI=1S/C17H26N2O4S/c1-17(2,3)23-15(21)8-5-11-19(4)14(20)9-10-18-16(22)13-7-6-12-24-13/h6-7,12H,5,8-11H2,1-4H3,(H,18,22). The van der Waals surface area contributed by atoms with Crippen molar-refractivity contribution in [2.24, 2.45) is 0 Å². The molecule has 0 aliphatic rings. The largest absolute Gasteiger partial charge is 0.460 e. The molecule has 0 aromatic carbocycles. The topological polar surface area (TPSA) is 75.7 Å². The van der Waals surface area contributed by atoms with E-state index in [4.69, 9.17) is 4.74 Å². The third-order valence-corrected chi connectivity index (χ3v) is 3.96. The van der Waals surface area contributed by atoms with Crippen LogP contribution in [0.2, 0.25) is 0 Å². The molecule has 6 nitrogen and oxygen atoms in total. The van der Waals surface area contributed by atoms with Crippen molar-refractivity contribution in [3.8, 4) is 0 Å². The predicted molar refractivity (Wildman–Crippen MR) is 94.0 cm³/mol. The van der Waals surface area contributed by atoms with Gasteiger partial charge in [0.05, 0.1) is 4.88 Å². The summed E-state index contributed by atoms with van der Waals surface area (Å²) >= 11 is 1.36. The number of amides is 2. The fourth-order valence-electron chi connectivity index (χ4n) is 1.95. The number of esters is 1. The first-order chi connectivity index (χ1) is 11.2. The maximum absolute atomic E-state index is 12.0. The van der Waals surface area contributed by atoms with Crippen molar-refractivity contribution in [2.75, 3.05) is 20.1 Å². The molecule has 0 saturated carbocycles. The zero-order chi connectivity index (χ0) is 18.2. The van der Waals surface area contributed by atoms with Gasteiger partial charge < -0.3 is 15.0 Å². The molecule has 0 atom stereocenters. The molecule has 0 fully saturated rings. The molecule has 1 rings (SSSR count). The molecule has 0 bridgehead atoms. The lowest BCUT2D eigenvalue weighted by Gasteiger charge is -2.20. The Labute approximate surface area is 147 Å². The average Bonchev–Trinajstić information content (AvgIpc) is 2.99. The fourth-order valence-corrected chi connectivity index (χ4v) is 2.59. The highest BCUT2D eigenvalue weighted by Crippen LogP contribution is 2.09. The molecule has 0 saturated heterocycles. The van der Waals surface area contributed by atoms with Crippen LogP contribution >= 0.6 is 11.3 Å². The summed E-state index contributed by atoms with van der Waals surface area (Å²) in [5.74, 6) is -0.484. The van der Waals surface area contributed by atoms with Gasteiger partial charge in [-0.1, -0.05) is 6.07 Å². The van der Waals surface area contributed by atoms with Crippen molar-refractivity contribution in [2.45, 2.75) is 45.6 Å². The first-order valence-electron chi connectivity index (χ1n) is 7.96. The highest BCUT2D eigenvalue weighted by atomic mass is 32.1. The molecule has 0 aliphatic carbocycles. The van der Waals surface area contributed by atoms with Gasteiger partial charge in [0, 0.05) is 33.0 Å². The number of hydrogen-bond donors (Lipinski definition) is 1. The van der Waals surface area contributed by atoms with E-state index in [0.29, 0.717) is 24.4 Å². The van der Waals surface area contributed by atoms with E-state index in [1.54, 1.807) is 18.0 Å². The molecule has 7 heteroatoms. The first kappa shape index (κ1) is 20.2. The van der Waals surface area contributed by atoms with Gasteiger partial charge in [-0.05, 0) is 38.6 Å². The number of hydrogen-bond acceptors (Lipinski definition) is 5. The van der Waals surface area contributed by atoms with Gasteiger partial charge >= 0.3 is 5.97 Å². The average molecular weight is 354 g/mol. The maximum atomic E-state index is 12.0. The van der Waals surface area contributed by atoms with Gasteiger partial charge in [0.2, 0.25) is 5.91 Å². The van der Waals surface area contributed by atoms with Gasteiger partial charge in [0.1, 0.15) is 5.60 Å². The van der Waals surface area contributed by atoms with E-state index in [1.807, 2.05) is 32.2 Å². The molecule has 2 amide bonds. The van der Waals surface area contributed by atoms with E-state index >= 15 is 0 Å². The molecule has 0 unspecified atom stereocenters. The van der Waals surface area contributed by atoms with E-state index in [9.17, 15) is 14.4 Å². The molecule has 0 aliphatic heterocycles. The summed E-state index contributed by atoms with van der Waals surface area (Å²) in [6.45, 7) is 6.25. The Bertz CT molecular complexity index is 549. The summed E-state index contributed by atoms with van der Waals surface area (Å²) in [7, 11) is 1.69. The highest BCUT2D eigenvalue weighted by molar-refractivity contribution is 7.12. The van der Waals surface area contributed by atoms with Crippen molar-refractivity contribution >= 4 is 29.1 Å². The number of carbonyl (C=O) groups is 3. The smallest absolute Gasteiger partial charge is 0.306 e. The van der Waals surface area contributed by atoms with E-state index in [1.165, 1.54) is 11.3 Å². The SMILES string of the molecule is CN(CCCC(=O)OC(C)(C)C)C(=O)CCNC(=O)c1cccs1. The number of nitrogens with zero attached hydrogens (tertiary/aromatic N) is 1. The molecule has 0 radical (unpaired) electrons. The third kappa shape index (κ3) is 8.10. The minimum Gasteiger partial charge on any atom is -0.460 e. The van der Waals surface area contributed by atoms with Crippen LogP contribution in [0.5, 0.6) is 0 Å². The van der Waals surface area contributed by atoms with Crippen LogP contribution in [0.25, 0.3) is 0 Å². The van der Waals surface area contributed by atoms with Crippen LogP contribution in [0.4, 0.5) is 0 Å². The summed E-state index contributed by atoms with van der Waals surface area (Å²) in [4.78, 5) is 37.5. The lowest BCUT2D eigenvalue weighted by molar-refractivity contribution is -0.155. The summed E-state index contributed by atoms with van der Waals surface area (Å²) in [6.07, 6.45) is 1.07. The van der Waals surface area contributed by atoms with Crippen molar-refractivity contribution < 1.29 is 19.1 Å². The van der Waals surface area contributed by atoms with Gasteiger partial charge in [0.25, 0.3) is 5.91 Å². The van der Waals surface area contributed by atoms with E-state index in [-0.39, 0.29) is 30.6 Å². The molecule has 1 aromatic heterocycles. The van der Waals surface area contributed by atoms with Crippen LogP contribution in [0.3, 0.4) is 0 Å². The Kier molecular flexibility index (Phi) is 7.91. The molecular formula is C17H26N2O4S. The Hall–Kier alpha value is -1.89. The molecular weight excluding hydrogens is 328 g/mol. The number of rotatable bonds is 8. The molecule has 1 N–H and O–H groups in total. The van der Waals surface area contributed by atoms with E-state index in [2.05, 4.69) is 5.32 Å². The van der Waals surface area contributed by atoms with Gasteiger partial charge in [-0.25, -0.2) is 0 Å². The van der Waals surface area contributed by atoms with Crippen LogP contribution in [-0.2, 0) is 14.3 Å². The Morgan fingerprint density at radius 2 is 1.96 bits per heavy atom. The predicted octanol–water partition coefficient (Wildman–Crippen LogP) is 2.45. The minimum atomic E-state index is -0.487. The fraction of sp³-hybridized carbons (Fsp3) is 0.588. The summed E-state index contributed by atoms with van der Waals surface area (Å²) in [5.41, 5.74) is -0.487. The summed E-state index contributed by atoms with van der Waals surface area (Å²) in [6, 6.07) is 3.55. The van der Waals surface area contributed by atoms with Crippen LogP contribution in [-0.4, -0.2) is 48.4 Å². The molecule has 134 valence electrons. The normalized spacial score (nSPS) is 11.0. The third-order valence-electron chi connectivity index (χ3n) is 3.09. The second-order valence-electron chi connectivity index (χ2n) is 6.49. The van der Waals surface area contributed by atoms with Gasteiger partial charge in [-0.2, -0.15) is 0 Å². The number of nitrogens with one attached hydrogen (secondary N) is 1. The molecule has 0 spiro atoms. The van der Waals surface area contributed by atoms with Gasteiger partial charge in [-0.15, -0.1) is 11.3 Å². The Balaban J connectivity index is 2.18. The molecule has 1 heterocycles. The monoisotopic (exact) mass is 354 g/mol. The van der Waals surface area contributed by atoms with Crippen LogP contribution < -0.4 is 5.32 Å². The second-order valence-corrected chi connectivity index (χ2v) is 7.44. The molecule has 1 aromatic rings. The first-order valence-corrected chi connectivity index (χ1v) is 8.84. The Morgan fingerprint density at radius 1 is 1.25 bits per heavy atom. The quantitative estimate of drug-likeness (QED) is 0.728. The Morgan fingerprint density at radius 3 is 2.54 bits per heavy atom. The van der Waals surface area contributed by atoms with Crippen LogP contribution in [0.15, 0.2) is 17.5 Å². The highest BCUT2D eigenvalue weighted by Gasteiger charge is 2.16. The second kappa shape index (κ2) is 9.42. The zero-order valence-corrected chi connectivity index (χ0v) is 15.6. The number of thiophene rings is 1. The van der Waals surface area contributed by atoms with Crippen molar-refractivity contribution in [3.63, 3.8) is 0 Å². The van der Waals surface area contributed by atoms with E-state index in [0.717, 1.165) is 0 Å². The van der Waals surface area contributed by atoms with Crippen LogP contribution in [0, 0.1) is 0 Å². The zero-order valence-electron chi connectivity index (χ0n) is 14.8. The van der Waals surface area contributed by atoms with Gasteiger partial charge in [0.15, 0.2) is 0 Å². The van der Waals surface area contributed by atoms with Crippen molar-refractivity contribution in [1.82, 2.24) is 10.2 Å². The van der Waals surface area contributed by atoms with Crippen molar-refractivity contribution in [1.29, 1.82) is 0 Å². The number of ether oxygens (including phenoxy) is 1. The lowest BCUT2D eigenvalue weighted by atomic mass is 10.2. The van der Waals surface area contributed by atoms with Crippen molar-refractivity contribution in [3.05, 3.63) is 22.4 Å². The maximum Gasteiger partial charge on any atom is 0.306 e. The number of carbonyl (C=O) groups excluding carboxylic acids is 3. The van der Waals surface area contributed by atoms with Crippen LogP contribution in [0.1, 0.15) is 49.7 Å².